The Labute approximate surface area is 193 Å². The van der Waals surface area contributed by atoms with Crippen LogP contribution >= 0.6 is 24.0 Å². The Kier molecular flexibility index (Phi) is 10.3. The molecule has 6 heteroatoms. The number of aliphatic imine (C=N–C) groups is 1. The summed E-state index contributed by atoms with van der Waals surface area (Å²) in [6.45, 7) is 11.9. The second-order valence-electron chi connectivity index (χ2n) is 7.78. The van der Waals surface area contributed by atoms with Gasteiger partial charge in [0.1, 0.15) is 0 Å². The van der Waals surface area contributed by atoms with Gasteiger partial charge >= 0.3 is 0 Å². The molecule has 0 atom stereocenters. The molecular formula is C23H38IN5. The van der Waals surface area contributed by atoms with Crippen LogP contribution in [0.3, 0.4) is 0 Å². The van der Waals surface area contributed by atoms with Gasteiger partial charge in [-0.15, -0.1) is 24.0 Å². The second-order valence-corrected chi connectivity index (χ2v) is 7.78. The van der Waals surface area contributed by atoms with E-state index >= 15 is 0 Å². The van der Waals surface area contributed by atoms with Crippen LogP contribution < -0.4 is 10.6 Å². The summed E-state index contributed by atoms with van der Waals surface area (Å²) in [6, 6.07) is 7.13. The van der Waals surface area contributed by atoms with E-state index in [0.29, 0.717) is 6.04 Å². The fourth-order valence-electron chi connectivity index (χ4n) is 4.20. The van der Waals surface area contributed by atoms with Crippen LogP contribution in [0, 0.1) is 0 Å². The van der Waals surface area contributed by atoms with Gasteiger partial charge in [-0.3, -0.25) is 4.99 Å². The van der Waals surface area contributed by atoms with Crippen LogP contribution in [0.1, 0.15) is 51.2 Å². The molecule has 5 nitrogen and oxygen atoms in total. The van der Waals surface area contributed by atoms with Gasteiger partial charge in [0.05, 0.1) is 0 Å². The molecule has 1 fully saturated rings. The number of fused-ring (bicyclic) bond motifs is 1. The molecule has 1 saturated heterocycles. The van der Waals surface area contributed by atoms with Crippen molar-refractivity contribution in [2.45, 2.75) is 58.9 Å². The minimum Gasteiger partial charge on any atom is -0.361 e. The van der Waals surface area contributed by atoms with Crippen molar-refractivity contribution in [3.63, 3.8) is 0 Å². The van der Waals surface area contributed by atoms with E-state index < -0.39 is 0 Å². The lowest BCUT2D eigenvalue weighted by atomic mass is 10.1. The van der Waals surface area contributed by atoms with Crippen molar-refractivity contribution in [2.75, 3.05) is 32.7 Å². The largest absolute Gasteiger partial charge is 0.361 e. The number of aromatic nitrogens is 1. The molecule has 3 N–H and O–H groups in total. The minimum atomic E-state index is 0. The summed E-state index contributed by atoms with van der Waals surface area (Å²) in [4.78, 5) is 10.9. The Morgan fingerprint density at radius 2 is 1.97 bits per heavy atom. The third kappa shape index (κ3) is 6.60. The molecule has 1 aliphatic heterocycles. The average Bonchev–Trinajstić information content (AvgIpc) is 3.13. The van der Waals surface area contributed by atoms with Crippen LogP contribution in [0.2, 0.25) is 0 Å². The first-order chi connectivity index (χ1) is 13.7. The Balaban J connectivity index is 0.00000300. The van der Waals surface area contributed by atoms with Gasteiger partial charge in [0.15, 0.2) is 5.96 Å². The van der Waals surface area contributed by atoms with E-state index in [9.17, 15) is 0 Å². The highest BCUT2D eigenvalue weighted by molar-refractivity contribution is 14.0. The van der Waals surface area contributed by atoms with Crippen LogP contribution in [0.15, 0.2) is 29.4 Å². The van der Waals surface area contributed by atoms with Gasteiger partial charge in [-0.05, 0) is 56.7 Å². The minimum absolute atomic E-state index is 0. The number of nitrogens with one attached hydrogen (secondary N) is 3. The number of aromatic amines is 1. The first kappa shape index (κ1) is 24.0. The number of guanidine groups is 1. The number of piperidine rings is 1. The smallest absolute Gasteiger partial charge is 0.191 e. The Morgan fingerprint density at radius 1 is 1.17 bits per heavy atom. The molecule has 0 amide bonds. The van der Waals surface area contributed by atoms with Gasteiger partial charge in [-0.1, -0.05) is 32.0 Å². The highest BCUT2D eigenvalue weighted by atomic mass is 127. The maximum absolute atomic E-state index is 4.85. The van der Waals surface area contributed by atoms with Crippen molar-refractivity contribution in [3.05, 3.63) is 35.5 Å². The fourth-order valence-corrected chi connectivity index (χ4v) is 4.20. The van der Waals surface area contributed by atoms with Crippen LogP contribution in [0.4, 0.5) is 0 Å². The quantitative estimate of drug-likeness (QED) is 0.281. The van der Waals surface area contributed by atoms with Crippen molar-refractivity contribution in [2.24, 2.45) is 4.99 Å². The predicted molar refractivity (Wildman–Crippen MR) is 136 cm³/mol. The van der Waals surface area contributed by atoms with Crippen molar-refractivity contribution in [3.8, 4) is 0 Å². The van der Waals surface area contributed by atoms with E-state index in [1.165, 1.54) is 60.9 Å². The number of para-hydroxylation sites is 1. The number of nitrogens with zero attached hydrogens (tertiary/aromatic N) is 2. The summed E-state index contributed by atoms with van der Waals surface area (Å²) in [5.41, 5.74) is 4.03. The van der Waals surface area contributed by atoms with Gasteiger partial charge in [0.2, 0.25) is 0 Å². The third-order valence-electron chi connectivity index (χ3n) is 5.73. The summed E-state index contributed by atoms with van der Waals surface area (Å²) >= 11 is 0. The summed E-state index contributed by atoms with van der Waals surface area (Å²) in [7, 11) is 0. The van der Waals surface area contributed by atoms with Crippen molar-refractivity contribution < 1.29 is 0 Å². The summed E-state index contributed by atoms with van der Waals surface area (Å²) in [5, 5.41) is 8.42. The first-order valence-corrected chi connectivity index (χ1v) is 11.1. The van der Waals surface area contributed by atoms with Gasteiger partial charge in [-0.2, -0.15) is 0 Å². The van der Waals surface area contributed by atoms with E-state index in [0.717, 1.165) is 31.9 Å². The molecule has 2 aromatic rings. The number of H-pyrrole nitrogens is 1. The third-order valence-corrected chi connectivity index (χ3v) is 5.73. The predicted octanol–water partition coefficient (Wildman–Crippen LogP) is 4.32. The molecule has 1 aliphatic rings. The summed E-state index contributed by atoms with van der Waals surface area (Å²) < 4.78 is 0. The second kappa shape index (κ2) is 12.4. The van der Waals surface area contributed by atoms with E-state index in [1.807, 2.05) is 0 Å². The number of hydrogen-bond donors (Lipinski definition) is 3. The number of halogens is 1. The highest BCUT2D eigenvalue weighted by Gasteiger charge is 2.19. The summed E-state index contributed by atoms with van der Waals surface area (Å²) in [6.07, 6.45) is 7.82. The Morgan fingerprint density at radius 3 is 2.66 bits per heavy atom. The van der Waals surface area contributed by atoms with Crippen molar-refractivity contribution in [1.82, 2.24) is 20.5 Å². The molecule has 0 aliphatic carbocycles. The van der Waals surface area contributed by atoms with Gasteiger partial charge < -0.3 is 20.5 Å². The lowest BCUT2D eigenvalue weighted by Crippen LogP contribution is -2.48. The summed E-state index contributed by atoms with van der Waals surface area (Å²) in [5.74, 6) is 0.963. The molecule has 0 spiro atoms. The standard InChI is InChI=1S/C23H37N5.HI/c1-4-14-28-15-11-20(12-16-28)27-23(24-6-3)25-13-10-19-17-26-22-18(5-2)8-7-9-21(19)22;/h7-9,17,20,26H,4-6,10-16H2,1-3H3,(H2,24,25,27);1H. The van der Waals surface area contributed by atoms with Gasteiger partial charge in [-0.25, -0.2) is 0 Å². The molecule has 3 rings (SSSR count). The zero-order chi connectivity index (χ0) is 19.8. The number of hydrogen-bond acceptors (Lipinski definition) is 2. The molecule has 29 heavy (non-hydrogen) atoms. The molecule has 162 valence electrons. The fraction of sp³-hybridized carbons (Fsp3) is 0.609. The Hall–Kier alpha value is -1.28. The molecule has 2 heterocycles. The highest BCUT2D eigenvalue weighted by Crippen LogP contribution is 2.22. The molecular weight excluding hydrogens is 473 g/mol. The topological polar surface area (TPSA) is 55.5 Å². The molecule has 0 bridgehead atoms. The van der Waals surface area contributed by atoms with Crippen molar-refractivity contribution >= 4 is 40.8 Å². The molecule has 1 aromatic carbocycles. The van der Waals surface area contributed by atoms with Crippen LogP contribution in [-0.2, 0) is 12.8 Å². The monoisotopic (exact) mass is 511 g/mol. The zero-order valence-electron chi connectivity index (χ0n) is 18.3. The number of likely N-dealkylation sites (tertiary alicyclic amines) is 1. The van der Waals surface area contributed by atoms with E-state index in [4.69, 9.17) is 4.99 Å². The lowest BCUT2D eigenvalue weighted by Gasteiger charge is -2.32. The number of benzene rings is 1. The molecule has 0 unspecified atom stereocenters. The van der Waals surface area contributed by atoms with Gasteiger partial charge in [0.25, 0.3) is 0 Å². The maximum Gasteiger partial charge on any atom is 0.191 e. The average molecular weight is 511 g/mol. The lowest BCUT2D eigenvalue weighted by molar-refractivity contribution is 0.206. The molecule has 0 radical (unpaired) electrons. The van der Waals surface area contributed by atoms with E-state index in [1.54, 1.807) is 0 Å². The van der Waals surface area contributed by atoms with E-state index in [-0.39, 0.29) is 24.0 Å². The number of aryl methyl sites for hydroxylation is 1. The SMILES string of the molecule is CCCN1CCC(NC(=NCCc2c[nH]c3c(CC)cccc23)NCC)CC1.I. The van der Waals surface area contributed by atoms with Crippen molar-refractivity contribution in [1.29, 1.82) is 0 Å². The zero-order valence-corrected chi connectivity index (χ0v) is 20.6. The van der Waals surface area contributed by atoms with Crippen LogP contribution in [-0.4, -0.2) is 54.6 Å². The maximum atomic E-state index is 4.85. The molecule has 0 saturated carbocycles. The number of rotatable bonds is 8. The van der Waals surface area contributed by atoms with E-state index in [2.05, 4.69) is 65.7 Å². The normalized spacial score (nSPS) is 16.0. The molecule has 1 aromatic heterocycles. The van der Waals surface area contributed by atoms with Crippen LogP contribution in [0.5, 0.6) is 0 Å². The first-order valence-electron chi connectivity index (χ1n) is 11.1. The van der Waals surface area contributed by atoms with Gasteiger partial charge in [0, 0.05) is 49.3 Å². The Bertz CT molecular complexity index is 762. The van der Waals surface area contributed by atoms with Crippen LogP contribution in [0.25, 0.3) is 10.9 Å².